The van der Waals surface area contributed by atoms with Gasteiger partial charge in [-0.05, 0) is 17.8 Å². The van der Waals surface area contributed by atoms with Crippen molar-refractivity contribution in [2.75, 3.05) is 31.4 Å². The zero-order valence-electron chi connectivity index (χ0n) is 10.3. The van der Waals surface area contributed by atoms with Crippen LogP contribution < -0.4 is 10.2 Å². The highest BCUT2D eigenvalue weighted by Gasteiger charge is 2.09. The summed E-state index contributed by atoms with van der Waals surface area (Å²) in [6, 6.07) is 1.77. The molecule has 0 aliphatic rings. The SMILES string of the molecule is CNc1nc(Sc2ncccn2)nc(N(C)C)n1. The summed E-state index contributed by atoms with van der Waals surface area (Å²) in [6.45, 7) is 0. The molecule has 0 bridgehead atoms. The number of nitrogens with one attached hydrogen (secondary N) is 1. The highest BCUT2D eigenvalue weighted by molar-refractivity contribution is 7.99. The van der Waals surface area contributed by atoms with Crippen molar-refractivity contribution in [1.29, 1.82) is 0 Å². The number of rotatable bonds is 4. The first-order chi connectivity index (χ1) is 8.69. The molecular formula is C10H13N7S. The third-order valence-corrected chi connectivity index (χ3v) is 2.71. The van der Waals surface area contributed by atoms with Crippen LogP contribution in [0, 0.1) is 0 Å². The molecule has 2 heterocycles. The van der Waals surface area contributed by atoms with E-state index in [0.29, 0.717) is 22.2 Å². The van der Waals surface area contributed by atoms with Gasteiger partial charge in [0.05, 0.1) is 0 Å². The quantitative estimate of drug-likeness (QED) is 0.816. The Labute approximate surface area is 109 Å². The summed E-state index contributed by atoms with van der Waals surface area (Å²) < 4.78 is 0. The fourth-order valence-corrected chi connectivity index (χ4v) is 1.77. The minimum Gasteiger partial charge on any atom is -0.357 e. The van der Waals surface area contributed by atoms with Crippen LogP contribution in [0.25, 0.3) is 0 Å². The monoisotopic (exact) mass is 263 g/mol. The van der Waals surface area contributed by atoms with E-state index < -0.39 is 0 Å². The van der Waals surface area contributed by atoms with Gasteiger partial charge in [0.2, 0.25) is 17.1 Å². The molecule has 0 atom stereocenters. The third-order valence-electron chi connectivity index (χ3n) is 1.95. The molecule has 0 spiro atoms. The van der Waals surface area contributed by atoms with Crippen LogP contribution in [-0.4, -0.2) is 46.1 Å². The molecule has 0 amide bonds. The van der Waals surface area contributed by atoms with Crippen LogP contribution in [0.15, 0.2) is 28.8 Å². The summed E-state index contributed by atoms with van der Waals surface area (Å²) >= 11 is 1.30. The number of aromatic nitrogens is 5. The summed E-state index contributed by atoms with van der Waals surface area (Å²) in [4.78, 5) is 22.9. The Morgan fingerprint density at radius 3 is 2.39 bits per heavy atom. The summed E-state index contributed by atoms with van der Waals surface area (Å²) in [6.07, 6.45) is 3.37. The van der Waals surface area contributed by atoms with Crippen LogP contribution in [-0.2, 0) is 0 Å². The van der Waals surface area contributed by atoms with Crippen molar-refractivity contribution in [3.63, 3.8) is 0 Å². The van der Waals surface area contributed by atoms with Gasteiger partial charge in [-0.3, -0.25) is 0 Å². The van der Waals surface area contributed by atoms with Gasteiger partial charge < -0.3 is 10.2 Å². The van der Waals surface area contributed by atoms with E-state index in [1.165, 1.54) is 11.8 Å². The normalized spacial score (nSPS) is 10.2. The Morgan fingerprint density at radius 1 is 1.06 bits per heavy atom. The minimum absolute atomic E-state index is 0.520. The first-order valence-corrected chi connectivity index (χ1v) is 6.06. The second kappa shape index (κ2) is 5.58. The molecule has 2 rings (SSSR count). The van der Waals surface area contributed by atoms with E-state index in [1.54, 1.807) is 25.5 Å². The zero-order chi connectivity index (χ0) is 13.0. The lowest BCUT2D eigenvalue weighted by molar-refractivity contribution is 0.862. The van der Waals surface area contributed by atoms with E-state index in [2.05, 4.69) is 30.2 Å². The van der Waals surface area contributed by atoms with Crippen molar-refractivity contribution in [3.05, 3.63) is 18.5 Å². The Balaban J connectivity index is 2.30. The van der Waals surface area contributed by atoms with Crippen molar-refractivity contribution in [2.45, 2.75) is 10.3 Å². The van der Waals surface area contributed by atoms with Crippen LogP contribution in [0.2, 0.25) is 0 Å². The molecular weight excluding hydrogens is 250 g/mol. The summed E-state index contributed by atoms with van der Waals surface area (Å²) in [5.41, 5.74) is 0. The Bertz CT molecular complexity index is 517. The largest absolute Gasteiger partial charge is 0.357 e. The second-order valence-corrected chi connectivity index (χ2v) is 4.45. The van der Waals surface area contributed by atoms with Crippen molar-refractivity contribution in [2.24, 2.45) is 0 Å². The standard InChI is InChI=1S/C10H13N7S/c1-11-7-14-8(17(2)3)16-10(15-7)18-9-12-5-4-6-13-9/h4-6H,1-3H3,(H,11,14,15,16). The molecule has 0 radical (unpaired) electrons. The molecule has 94 valence electrons. The van der Waals surface area contributed by atoms with Crippen molar-refractivity contribution >= 4 is 23.7 Å². The van der Waals surface area contributed by atoms with Crippen molar-refractivity contribution in [1.82, 2.24) is 24.9 Å². The van der Waals surface area contributed by atoms with E-state index in [1.807, 2.05) is 19.0 Å². The molecule has 2 aromatic rings. The molecule has 2 aromatic heterocycles. The van der Waals surface area contributed by atoms with E-state index in [-0.39, 0.29) is 0 Å². The summed E-state index contributed by atoms with van der Waals surface area (Å²) in [5.74, 6) is 1.11. The van der Waals surface area contributed by atoms with Gasteiger partial charge in [0, 0.05) is 33.5 Å². The maximum Gasteiger partial charge on any atom is 0.230 e. The van der Waals surface area contributed by atoms with Crippen LogP contribution >= 0.6 is 11.8 Å². The van der Waals surface area contributed by atoms with Crippen LogP contribution in [0.3, 0.4) is 0 Å². The first-order valence-electron chi connectivity index (χ1n) is 5.25. The second-order valence-electron chi connectivity index (χ2n) is 3.52. The molecule has 0 fully saturated rings. The van der Waals surface area contributed by atoms with Crippen LogP contribution in [0.5, 0.6) is 0 Å². The maximum absolute atomic E-state index is 4.32. The number of hydrogen-bond acceptors (Lipinski definition) is 8. The lowest BCUT2D eigenvalue weighted by Gasteiger charge is -2.11. The average Bonchev–Trinajstić information content (AvgIpc) is 2.39. The Kier molecular flexibility index (Phi) is 3.88. The summed E-state index contributed by atoms with van der Waals surface area (Å²) in [5, 5.41) is 4.07. The molecule has 7 nitrogen and oxygen atoms in total. The van der Waals surface area contributed by atoms with Gasteiger partial charge in [-0.2, -0.15) is 15.0 Å². The number of hydrogen-bond donors (Lipinski definition) is 1. The Hall–Kier alpha value is -1.96. The van der Waals surface area contributed by atoms with Gasteiger partial charge in [-0.15, -0.1) is 0 Å². The average molecular weight is 263 g/mol. The summed E-state index contributed by atoms with van der Waals surface area (Å²) in [7, 11) is 5.52. The first kappa shape index (κ1) is 12.5. The molecule has 0 aromatic carbocycles. The van der Waals surface area contributed by atoms with Gasteiger partial charge >= 0.3 is 0 Å². The smallest absolute Gasteiger partial charge is 0.230 e. The van der Waals surface area contributed by atoms with Crippen molar-refractivity contribution < 1.29 is 0 Å². The predicted octanol–water partition coefficient (Wildman–Crippen LogP) is 0.920. The van der Waals surface area contributed by atoms with Gasteiger partial charge in [-0.25, -0.2) is 9.97 Å². The molecule has 18 heavy (non-hydrogen) atoms. The lowest BCUT2D eigenvalue weighted by Crippen LogP contribution is -2.15. The van der Waals surface area contributed by atoms with Crippen LogP contribution in [0.4, 0.5) is 11.9 Å². The van der Waals surface area contributed by atoms with Crippen molar-refractivity contribution in [3.8, 4) is 0 Å². The third kappa shape index (κ3) is 3.04. The highest BCUT2D eigenvalue weighted by atomic mass is 32.2. The van der Waals surface area contributed by atoms with Gasteiger partial charge in [-0.1, -0.05) is 0 Å². The van der Waals surface area contributed by atoms with Crippen LogP contribution in [0.1, 0.15) is 0 Å². The lowest BCUT2D eigenvalue weighted by atomic mass is 10.7. The zero-order valence-corrected chi connectivity index (χ0v) is 11.1. The van der Waals surface area contributed by atoms with E-state index in [9.17, 15) is 0 Å². The predicted molar refractivity (Wildman–Crippen MR) is 69.9 cm³/mol. The van der Waals surface area contributed by atoms with Gasteiger partial charge in [0.25, 0.3) is 0 Å². The molecule has 0 aliphatic carbocycles. The fourth-order valence-electron chi connectivity index (χ4n) is 1.12. The molecule has 0 saturated carbocycles. The van der Waals surface area contributed by atoms with Gasteiger partial charge in [0.15, 0.2) is 5.16 Å². The molecule has 8 heteroatoms. The molecule has 1 N–H and O–H groups in total. The van der Waals surface area contributed by atoms with E-state index in [4.69, 9.17) is 0 Å². The minimum atomic E-state index is 0.520. The fraction of sp³-hybridized carbons (Fsp3) is 0.300. The number of nitrogens with zero attached hydrogens (tertiary/aromatic N) is 6. The highest BCUT2D eigenvalue weighted by Crippen LogP contribution is 2.22. The number of anilines is 2. The maximum atomic E-state index is 4.32. The molecule has 0 saturated heterocycles. The topological polar surface area (TPSA) is 79.7 Å². The van der Waals surface area contributed by atoms with Gasteiger partial charge in [0.1, 0.15) is 0 Å². The Morgan fingerprint density at radius 2 is 1.78 bits per heavy atom. The molecule has 0 aliphatic heterocycles. The van der Waals surface area contributed by atoms with E-state index >= 15 is 0 Å². The van der Waals surface area contributed by atoms with E-state index in [0.717, 1.165) is 0 Å². The molecule has 0 unspecified atom stereocenters.